The molecule has 0 bridgehead atoms. The molecule has 0 radical (unpaired) electrons. The van der Waals surface area contributed by atoms with E-state index in [0.717, 1.165) is 0 Å². The minimum absolute atomic E-state index is 0.240. The molecule has 2 aromatic carbocycles. The third-order valence-electron chi connectivity index (χ3n) is 4.58. The maximum Gasteiger partial charge on any atom is 0.344 e. The van der Waals surface area contributed by atoms with Crippen LogP contribution in [0.25, 0.3) is 22.3 Å². The van der Waals surface area contributed by atoms with Crippen LogP contribution in [-0.4, -0.2) is 40.5 Å². The second-order valence-corrected chi connectivity index (χ2v) is 7.41. The first-order valence-electron chi connectivity index (χ1n) is 10.0. The fourth-order valence-electron chi connectivity index (χ4n) is 3.03. The number of esters is 1. The lowest BCUT2D eigenvalue weighted by atomic mass is 10.1. The molecule has 1 heterocycles. The average Bonchev–Trinajstić information content (AvgIpc) is 2.80. The van der Waals surface area contributed by atoms with Gasteiger partial charge < -0.3 is 28.1 Å². The molecule has 1 aromatic heterocycles. The second-order valence-electron chi connectivity index (χ2n) is 7.41. The number of carbonyl (C=O) groups is 1. The van der Waals surface area contributed by atoms with Crippen molar-refractivity contribution >= 4 is 16.9 Å². The third-order valence-corrected chi connectivity index (χ3v) is 4.58. The van der Waals surface area contributed by atoms with Gasteiger partial charge in [-0.05, 0) is 36.2 Å². The fraction of sp³-hybridized carbons (Fsp3) is 0.333. The van der Waals surface area contributed by atoms with Gasteiger partial charge in [0.15, 0.2) is 23.5 Å². The smallest absolute Gasteiger partial charge is 0.344 e. The van der Waals surface area contributed by atoms with Crippen LogP contribution in [0.4, 0.5) is 0 Å². The molecule has 0 spiro atoms. The lowest BCUT2D eigenvalue weighted by Gasteiger charge is -2.14. The Morgan fingerprint density at radius 2 is 1.66 bits per heavy atom. The van der Waals surface area contributed by atoms with E-state index in [1.807, 2.05) is 13.8 Å². The van der Waals surface area contributed by atoms with Crippen LogP contribution in [0, 0.1) is 5.92 Å². The van der Waals surface area contributed by atoms with Gasteiger partial charge in [-0.2, -0.15) is 0 Å². The van der Waals surface area contributed by atoms with Crippen molar-refractivity contribution in [3.63, 3.8) is 0 Å². The first-order chi connectivity index (χ1) is 15.4. The zero-order valence-electron chi connectivity index (χ0n) is 18.7. The Labute approximate surface area is 185 Å². The number of ether oxygens (including phenoxy) is 5. The Kier molecular flexibility index (Phi) is 7.25. The van der Waals surface area contributed by atoms with Crippen molar-refractivity contribution in [1.29, 1.82) is 0 Å². The molecule has 0 atom stereocenters. The van der Waals surface area contributed by atoms with Crippen LogP contribution in [-0.2, 0) is 9.53 Å². The van der Waals surface area contributed by atoms with Gasteiger partial charge in [-0.15, -0.1) is 0 Å². The summed E-state index contributed by atoms with van der Waals surface area (Å²) in [6.45, 7) is 3.98. The second kappa shape index (κ2) is 10.1. The van der Waals surface area contributed by atoms with Crippen molar-refractivity contribution in [2.45, 2.75) is 13.8 Å². The molecule has 8 heteroatoms. The van der Waals surface area contributed by atoms with Gasteiger partial charge in [0.25, 0.3) is 0 Å². The molecule has 3 aromatic rings. The summed E-state index contributed by atoms with van der Waals surface area (Å²) in [7, 11) is 4.54. The number of hydrogen-bond acceptors (Lipinski definition) is 8. The normalized spacial score (nSPS) is 10.8. The summed E-state index contributed by atoms with van der Waals surface area (Å²) in [5.41, 5.74) is 0.700. The van der Waals surface area contributed by atoms with Crippen LogP contribution in [0.3, 0.4) is 0 Å². The molecule has 8 nitrogen and oxygen atoms in total. The number of rotatable bonds is 9. The fourth-order valence-corrected chi connectivity index (χ4v) is 3.03. The maximum absolute atomic E-state index is 12.8. The van der Waals surface area contributed by atoms with E-state index in [2.05, 4.69) is 0 Å². The number of hydrogen-bond donors (Lipinski definition) is 0. The predicted molar refractivity (Wildman–Crippen MR) is 119 cm³/mol. The van der Waals surface area contributed by atoms with Crippen LogP contribution in [0.2, 0.25) is 0 Å². The highest BCUT2D eigenvalue weighted by Crippen LogP contribution is 2.41. The Bertz CT molecular complexity index is 1140. The molecular weight excluding hydrogens is 416 g/mol. The van der Waals surface area contributed by atoms with E-state index in [-0.39, 0.29) is 18.0 Å². The SMILES string of the molecule is COc1cc(-c2cc(=O)c3cc(OCC(=O)OCC(C)C)ccc3o2)cc(OC)c1OC. The van der Waals surface area contributed by atoms with Gasteiger partial charge in [0, 0.05) is 11.6 Å². The zero-order chi connectivity index (χ0) is 23.3. The van der Waals surface area contributed by atoms with Crippen LogP contribution >= 0.6 is 0 Å². The van der Waals surface area contributed by atoms with E-state index >= 15 is 0 Å². The summed E-state index contributed by atoms with van der Waals surface area (Å²) in [6, 6.07) is 9.56. The summed E-state index contributed by atoms with van der Waals surface area (Å²) < 4.78 is 32.6. The maximum atomic E-state index is 12.8. The molecule has 0 amide bonds. The molecule has 0 saturated carbocycles. The Hall–Kier alpha value is -3.68. The predicted octanol–water partition coefficient (Wildman–Crippen LogP) is 4.06. The summed E-state index contributed by atoms with van der Waals surface area (Å²) in [5.74, 6) is 1.80. The summed E-state index contributed by atoms with van der Waals surface area (Å²) in [4.78, 5) is 24.5. The number of carbonyl (C=O) groups excluding carboxylic acids is 1. The molecule has 3 rings (SSSR count). The molecule has 0 aliphatic heterocycles. The van der Waals surface area contributed by atoms with Gasteiger partial charge in [0.1, 0.15) is 17.1 Å². The molecule has 0 aliphatic carbocycles. The van der Waals surface area contributed by atoms with E-state index in [9.17, 15) is 9.59 Å². The quantitative estimate of drug-likeness (QED) is 0.458. The van der Waals surface area contributed by atoms with E-state index in [1.165, 1.54) is 33.5 Å². The van der Waals surface area contributed by atoms with E-state index in [1.54, 1.807) is 24.3 Å². The number of methoxy groups -OCH3 is 3. The highest BCUT2D eigenvalue weighted by molar-refractivity contribution is 5.81. The Balaban J connectivity index is 1.89. The third kappa shape index (κ3) is 5.14. The highest BCUT2D eigenvalue weighted by atomic mass is 16.6. The van der Waals surface area contributed by atoms with Crippen molar-refractivity contribution < 1.29 is 32.9 Å². The van der Waals surface area contributed by atoms with Gasteiger partial charge in [-0.25, -0.2) is 4.79 Å². The molecule has 0 unspecified atom stereocenters. The molecular formula is C24H26O8. The van der Waals surface area contributed by atoms with E-state index < -0.39 is 5.97 Å². The molecule has 0 aliphatic rings. The largest absolute Gasteiger partial charge is 0.493 e. The van der Waals surface area contributed by atoms with E-state index in [4.69, 9.17) is 28.1 Å². The van der Waals surface area contributed by atoms with Gasteiger partial charge in [-0.3, -0.25) is 4.79 Å². The minimum Gasteiger partial charge on any atom is -0.493 e. The van der Waals surface area contributed by atoms with Crippen LogP contribution < -0.4 is 24.4 Å². The lowest BCUT2D eigenvalue weighted by molar-refractivity contribution is -0.147. The van der Waals surface area contributed by atoms with Crippen molar-refractivity contribution in [2.24, 2.45) is 5.92 Å². The molecule has 0 fully saturated rings. The monoisotopic (exact) mass is 442 g/mol. The van der Waals surface area contributed by atoms with Crippen molar-refractivity contribution in [1.82, 2.24) is 0 Å². The van der Waals surface area contributed by atoms with Gasteiger partial charge in [0.2, 0.25) is 5.75 Å². The summed E-state index contributed by atoms with van der Waals surface area (Å²) >= 11 is 0. The topological polar surface area (TPSA) is 93.4 Å². The number of benzene rings is 2. The number of fused-ring (bicyclic) bond motifs is 1. The summed E-state index contributed by atoms with van der Waals surface area (Å²) in [5, 5.41) is 0.328. The van der Waals surface area contributed by atoms with Gasteiger partial charge in [-0.1, -0.05) is 13.8 Å². The molecule has 32 heavy (non-hydrogen) atoms. The Morgan fingerprint density at radius 1 is 0.969 bits per heavy atom. The average molecular weight is 442 g/mol. The standard InChI is InChI=1S/C24H26O8/c1-14(2)12-31-23(26)13-30-16-6-7-19-17(10-16)18(25)11-20(32-19)15-8-21(27-3)24(29-5)22(9-15)28-4/h6-11,14H,12-13H2,1-5H3. The van der Waals surface area contributed by atoms with Crippen LogP contribution in [0.5, 0.6) is 23.0 Å². The molecule has 0 N–H and O–H groups in total. The van der Waals surface area contributed by atoms with Crippen molar-refractivity contribution in [2.75, 3.05) is 34.5 Å². The summed E-state index contributed by atoms with van der Waals surface area (Å²) in [6.07, 6.45) is 0. The van der Waals surface area contributed by atoms with E-state index in [0.29, 0.717) is 51.9 Å². The highest BCUT2D eigenvalue weighted by Gasteiger charge is 2.17. The van der Waals surface area contributed by atoms with Crippen LogP contribution in [0.1, 0.15) is 13.8 Å². The minimum atomic E-state index is -0.469. The molecule has 170 valence electrons. The first-order valence-corrected chi connectivity index (χ1v) is 10.0. The molecule has 0 saturated heterocycles. The zero-order valence-corrected chi connectivity index (χ0v) is 18.7. The lowest BCUT2D eigenvalue weighted by Crippen LogP contribution is -2.17. The first kappa shape index (κ1) is 23.0. The Morgan fingerprint density at radius 3 is 2.25 bits per heavy atom. The van der Waals surface area contributed by atoms with Crippen LogP contribution in [0.15, 0.2) is 45.6 Å². The van der Waals surface area contributed by atoms with Crippen molar-refractivity contribution in [3.8, 4) is 34.3 Å². The van der Waals surface area contributed by atoms with Gasteiger partial charge >= 0.3 is 5.97 Å². The van der Waals surface area contributed by atoms with Gasteiger partial charge in [0.05, 0.1) is 33.3 Å². The van der Waals surface area contributed by atoms with Crippen molar-refractivity contribution in [3.05, 3.63) is 46.6 Å².